The maximum Gasteiger partial charge on any atom is 0.164 e. The largest absolute Gasteiger partial charge is 0.488 e. The molecule has 38 heavy (non-hydrogen) atoms. The van der Waals surface area contributed by atoms with E-state index in [1.807, 2.05) is 23.7 Å². The molecule has 4 heterocycles. The maximum absolute atomic E-state index is 14.3. The van der Waals surface area contributed by atoms with Crippen LogP contribution in [0.2, 0.25) is 0 Å². The highest BCUT2D eigenvalue weighted by molar-refractivity contribution is 7.11. The Morgan fingerprint density at radius 1 is 1.05 bits per heavy atom. The van der Waals surface area contributed by atoms with Crippen molar-refractivity contribution in [2.45, 2.75) is 32.4 Å². The van der Waals surface area contributed by atoms with Gasteiger partial charge >= 0.3 is 0 Å². The minimum Gasteiger partial charge on any atom is -0.488 e. The summed E-state index contributed by atoms with van der Waals surface area (Å²) in [5, 5.41) is 6.57. The van der Waals surface area contributed by atoms with Gasteiger partial charge in [-0.25, -0.2) is 24.0 Å². The first kappa shape index (κ1) is 24.3. The van der Waals surface area contributed by atoms with Crippen LogP contribution in [0.5, 0.6) is 17.2 Å². The van der Waals surface area contributed by atoms with Crippen LogP contribution >= 0.6 is 11.3 Å². The van der Waals surface area contributed by atoms with Gasteiger partial charge in [0.2, 0.25) is 0 Å². The van der Waals surface area contributed by atoms with Crippen molar-refractivity contribution in [3.63, 3.8) is 0 Å². The topological polar surface area (TPSA) is 110 Å². The van der Waals surface area contributed by atoms with Crippen molar-refractivity contribution in [2.24, 2.45) is 0 Å². The van der Waals surface area contributed by atoms with Gasteiger partial charge in [-0.1, -0.05) is 0 Å². The molecule has 194 valence electrons. The number of hydrogen-bond acceptors (Lipinski definition) is 9. The van der Waals surface area contributed by atoms with E-state index in [1.165, 1.54) is 29.8 Å². The fourth-order valence-electron chi connectivity index (χ4n) is 4.50. The first-order valence-electron chi connectivity index (χ1n) is 12.2. The lowest BCUT2D eigenvalue weighted by molar-refractivity contribution is 0.0674. The maximum atomic E-state index is 14.3. The average molecular weight is 533 g/mol. The molecule has 9 nitrogen and oxygen atoms in total. The second kappa shape index (κ2) is 10.3. The molecule has 1 aliphatic rings. The third kappa shape index (κ3) is 5.02. The molecule has 2 N–H and O–H groups in total. The van der Waals surface area contributed by atoms with Gasteiger partial charge in [-0.3, -0.25) is 0 Å². The molecule has 1 saturated heterocycles. The van der Waals surface area contributed by atoms with E-state index in [9.17, 15) is 4.39 Å². The highest BCUT2D eigenvalue weighted by Gasteiger charge is 2.24. The van der Waals surface area contributed by atoms with E-state index in [-0.39, 0.29) is 6.04 Å². The Morgan fingerprint density at radius 3 is 2.61 bits per heavy atom. The molecule has 5 aromatic rings. The summed E-state index contributed by atoms with van der Waals surface area (Å²) < 4.78 is 33.4. The van der Waals surface area contributed by atoms with Crippen LogP contribution in [0, 0.1) is 12.7 Å². The zero-order chi connectivity index (χ0) is 26.1. The Morgan fingerprint density at radius 2 is 1.84 bits per heavy atom. The summed E-state index contributed by atoms with van der Waals surface area (Å²) in [7, 11) is 0. The van der Waals surface area contributed by atoms with Crippen LogP contribution in [0.25, 0.3) is 22.3 Å². The normalized spacial score (nSPS) is 14.2. The first-order valence-corrected chi connectivity index (χ1v) is 13.0. The molecule has 0 amide bonds. The van der Waals surface area contributed by atoms with Crippen molar-refractivity contribution in [2.75, 3.05) is 18.9 Å². The fraction of sp³-hybridized carbons (Fsp3) is 0.259. The van der Waals surface area contributed by atoms with E-state index in [0.717, 1.165) is 33.7 Å². The van der Waals surface area contributed by atoms with Crippen molar-refractivity contribution in [3.8, 4) is 28.5 Å². The van der Waals surface area contributed by atoms with Gasteiger partial charge in [0.25, 0.3) is 0 Å². The van der Waals surface area contributed by atoms with E-state index in [4.69, 9.17) is 25.0 Å². The molecule has 0 bridgehead atoms. The first-order chi connectivity index (χ1) is 18.5. The summed E-state index contributed by atoms with van der Waals surface area (Å²) in [5.41, 5.74) is 8.52. The lowest BCUT2D eigenvalue weighted by atomic mass is 10.1. The highest BCUT2D eigenvalue weighted by atomic mass is 32.1. The lowest BCUT2D eigenvalue weighted by Crippen LogP contribution is -2.20. The molecule has 11 heteroatoms. The van der Waals surface area contributed by atoms with Crippen LogP contribution in [0.4, 0.5) is 10.2 Å². The number of nitrogens with two attached hydrogens (primary N) is 1. The number of hydrogen-bond donors (Lipinski definition) is 1. The van der Waals surface area contributed by atoms with E-state index in [2.05, 4.69) is 15.0 Å². The zero-order valence-electron chi connectivity index (χ0n) is 20.6. The van der Waals surface area contributed by atoms with Crippen molar-refractivity contribution in [1.29, 1.82) is 0 Å². The number of benzene rings is 2. The van der Waals surface area contributed by atoms with Crippen LogP contribution in [0.15, 0.2) is 55.0 Å². The predicted octanol–water partition coefficient (Wildman–Crippen LogP) is 5.70. The van der Waals surface area contributed by atoms with Crippen LogP contribution in [0.1, 0.15) is 28.8 Å². The molecule has 3 aromatic heterocycles. The quantitative estimate of drug-likeness (QED) is 0.284. The molecule has 0 aliphatic carbocycles. The second-order valence-electron chi connectivity index (χ2n) is 8.98. The molecule has 2 aromatic carbocycles. The number of fused-ring (bicyclic) bond motifs is 1. The van der Waals surface area contributed by atoms with Gasteiger partial charge in [-0.2, -0.15) is 5.10 Å². The number of ether oxygens (including phenoxy) is 3. The molecule has 1 fully saturated rings. The van der Waals surface area contributed by atoms with E-state index in [1.54, 1.807) is 24.4 Å². The van der Waals surface area contributed by atoms with Crippen molar-refractivity contribution in [1.82, 2.24) is 24.7 Å². The summed E-state index contributed by atoms with van der Waals surface area (Å²) >= 11 is 1.54. The SMILES string of the molecule is Cc1ncc(COc2cc(F)cc(Oc3ccc(-c4nn(C5CCOCC5)c5ncnc(N)c45)cc3)c2)s1. The van der Waals surface area contributed by atoms with Gasteiger partial charge < -0.3 is 19.9 Å². The summed E-state index contributed by atoms with van der Waals surface area (Å²) in [6, 6.07) is 11.9. The summed E-state index contributed by atoms with van der Waals surface area (Å²) in [4.78, 5) is 13.8. The van der Waals surface area contributed by atoms with E-state index < -0.39 is 5.82 Å². The molecule has 0 unspecified atom stereocenters. The van der Waals surface area contributed by atoms with Gasteiger partial charge in [-0.05, 0) is 44.0 Å². The third-order valence-corrected chi connectivity index (χ3v) is 7.20. The number of rotatable bonds is 7. The molecule has 1 aliphatic heterocycles. The molecular weight excluding hydrogens is 507 g/mol. The summed E-state index contributed by atoms with van der Waals surface area (Å²) in [6.07, 6.45) is 4.94. The van der Waals surface area contributed by atoms with Crippen molar-refractivity contribution >= 4 is 28.2 Å². The number of nitrogen functional groups attached to an aromatic ring is 1. The lowest BCUT2D eigenvalue weighted by Gasteiger charge is -2.22. The molecular formula is C27H25FN6O3S. The third-order valence-electron chi connectivity index (χ3n) is 6.31. The Hall–Kier alpha value is -4.09. The minimum atomic E-state index is -0.449. The molecule has 0 saturated carbocycles. The van der Waals surface area contributed by atoms with Gasteiger partial charge in [0.05, 0.1) is 21.3 Å². The van der Waals surface area contributed by atoms with Gasteiger partial charge in [0.15, 0.2) is 5.65 Å². The summed E-state index contributed by atoms with van der Waals surface area (Å²) in [5.74, 6) is 1.18. The number of aryl methyl sites for hydroxylation is 1. The highest BCUT2D eigenvalue weighted by Crippen LogP contribution is 2.35. The van der Waals surface area contributed by atoms with Crippen LogP contribution in [0.3, 0.4) is 0 Å². The smallest absolute Gasteiger partial charge is 0.164 e. The van der Waals surface area contributed by atoms with Crippen molar-refractivity contribution < 1.29 is 18.6 Å². The van der Waals surface area contributed by atoms with E-state index >= 15 is 0 Å². The molecule has 6 rings (SSSR count). The van der Waals surface area contributed by atoms with Gasteiger partial charge in [0.1, 0.15) is 47.5 Å². The predicted molar refractivity (Wildman–Crippen MR) is 142 cm³/mol. The molecule has 0 spiro atoms. The van der Waals surface area contributed by atoms with Crippen LogP contribution in [-0.2, 0) is 11.3 Å². The number of nitrogens with zero attached hydrogens (tertiary/aromatic N) is 5. The van der Waals surface area contributed by atoms with Crippen LogP contribution < -0.4 is 15.2 Å². The summed E-state index contributed by atoms with van der Waals surface area (Å²) in [6.45, 7) is 3.61. The number of halogens is 1. The number of anilines is 1. The Balaban J connectivity index is 1.23. The second-order valence-corrected chi connectivity index (χ2v) is 10.3. The Labute approximate surface area is 222 Å². The standard InChI is InChI=1S/C27H25FN6O3S/c1-16-30-13-23(38-16)14-36-21-10-18(28)11-22(12-21)37-20-4-2-17(3-5-20)25-24-26(29)31-15-32-27(24)34(33-25)19-6-8-35-9-7-19/h2-5,10-13,15,19H,6-9,14H2,1H3,(H2,29,31,32). The number of aromatic nitrogens is 5. The van der Waals surface area contributed by atoms with Crippen molar-refractivity contribution in [3.05, 3.63) is 70.7 Å². The molecule has 0 radical (unpaired) electrons. The number of thiazole rings is 1. The zero-order valence-corrected chi connectivity index (χ0v) is 21.4. The molecule has 0 atom stereocenters. The Bertz CT molecular complexity index is 1580. The monoisotopic (exact) mass is 532 g/mol. The van der Waals surface area contributed by atoms with Gasteiger partial charge in [-0.15, -0.1) is 11.3 Å². The van der Waals surface area contributed by atoms with Gasteiger partial charge in [0, 0.05) is 43.2 Å². The Kier molecular flexibility index (Phi) is 6.61. The fourth-order valence-corrected chi connectivity index (χ4v) is 5.21. The van der Waals surface area contributed by atoms with E-state index in [0.29, 0.717) is 54.2 Å². The average Bonchev–Trinajstić information content (AvgIpc) is 3.52. The minimum absolute atomic E-state index is 0.182. The van der Waals surface area contributed by atoms with Crippen LogP contribution in [-0.4, -0.2) is 37.9 Å².